The van der Waals surface area contributed by atoms with Crippen LogP contribution in [0.15, 0.2) is 54.9 Å². The lowest BCUT2D eigenvalue weighted by Crippen LogP contribution is -2.21. The predicted octanol–water partition coefficient (Wildman–Crippen LogP) is 4.83. The van der Waals surface area contributed by atoms with E-state index < -0.39 is 5.97 Å². The van der Waals surface area contributed by atoms with Crippen molar-refractivity contribution in [2.24, 2.45) is 0 Å². The summed E-state index contributed by atoms with van der Waals surface area (Å²) in [5.41, 5.74) is 3.87. The molecule has 2 heterocycles. The molecule has 0 saturated carbocycles. The van der Waals surface area contributed by atoms with E-state index in [1.165, 1.54) is 24.5 Å². The topological polar surface area (TPSA) is 71.5 Å². The molecule has 1 aliphatic heterocycles. The summed E-state index contributed by atoms with van der Waals surface area (Å²) in [7, 11) is 0. The van der Waals surface area contributed by atoms with E-state index in [4.69, 9.17) is 4.74 Å². The minimum Gasteiger partial charge on any atom is -0.493 e. The lowest BCUT2D eigenvalue weighted by Gasteiger charge is -2.28. The Morgan fingerprint density at radius 2 is 2.14 bits per heavy atom. The zero-order valence-electron chi connectivity index (χ0n) is 15.3. The first-order chi connectivity index (χ1) is 13.5. The van der Waals surface area contributed by atoms with Crippen LogP contribution in [0.4, 0.5) is 10.1 Å². The monoisotopic (exact) mass is 378 g/mol. The SMILES string of the molecule is Cc1c(F)cccc1-c1ccc2c(c1)OCCC2Nc1cnccc1C(=O)O. The average Bonchev–Trinajstić information content (AvgIpc) is 2.70. The predicted molar refractivity (Wildman–Crippen MR) is 104 cm³/mol. The van der Waals surface area contributed by atoms with E-state index in [1.807, 2.05) is 24.3 Å². The third-order valence-corrected chi connectivity index (χ3v) is 5.01. The number of nitrogens with one attached hydrogen (secondary N) is 1. The second kappa shape index (κ2) is 7.31. The summed E-state index contributed by atoms with van der Waals surface area (Å²) in [5.74, 6) is -0.534. The highest BCUT2D eigenvalue weighted by molar-refractivity contribution is 5.94. The molecule has 3 aromatic rings. The van der Waals surface area contributed by atoms with Crippen molar-refractivity contribution in [3.8, 4) is 16.9 Å². The molecule has 0 spiro atoms. The lowest BCUT2D eigenvalue weighted by atomic mass is 9.94. The van der Waals surface area contributed by atoms with E-state index in [0.29, 0.717) is 30.0 Å². The molecule has 2 N–H and O–H groups in total. The summed E-state index contributed by atoms with van der Waals surface area (Å²) in [6.07, 6.45) is 3.67. The maximum Gasteiger partial charge on any atom is 0.337 e. The standard InChI is InChI=1S/C22H19FN2O3/c1-13-15(3-2-4-18(13)23)14-5-6-16-19(8-10-28-21(16)11-14)25-20-12-24-9-7-17(20)22(26)27/h2-7,9,11-12,19,25H,8,10H2,1H3,(H,26,27). The second-order valence-electron chi connectivity index (χ2n) is 6.73. The van der Waals surface area contributed by atoms with Gasteiger partial charge in [0.2, 0.25) is 0 Å². The van der Waals surface area contributed by atoms with Gasteiger partial charge in [-0.1, -0.05) is 24.3 Å². The molecule has 1 atom stereocenters. The Kier molecular flexibility index (Phi) is 4.69. The molecule has 142 valence electrons. The van der Waals surface area contributed by atoms with Gasteiger partial charge in [-0.2, -0.15) is 0 Å². The maximum atomic E-state index is 13.9. The van der Waals surface area contributed by atoms with Gasteiger partial charge in [-0.25, -0.2) is 9.18 Å². The summed E-state index contributed by atoms with van der Waals surface area (Å²) >= 11 is 0. The molecule has 4 rings (SSSR count). The van der Waals surface area contributed by atoms with Crippen LogP contribution in [0.3, 0.4) is 0 Å². The molecular formula is C22H19FN2O3. The molecule has 0 amide bonds. The quantitative estimate of drug-likeness (QED) is 0.680. The van der Waals surface area contributed by atoms with Crippen LogP contribution in [0, 0.1) is 12.7 Å². The molecule has 1 aromatic heterocycles. The molecule has 1 aliphatic rings. The minimum atomic E-state index is -1.01. The van der Waals surface area contributed by atoms with Crippen molar-refractivity contribution in [1.82, 2.24) is 4.98 Å². The Hall–Kier alpha value is -3.41. The minimum absolute atomic E-state index is 0.103. The number of ether oxygens (including phenoxy) is 1. The van der Waals surface area contributed by atoms with Crippen molar-refractivity contribution in [3.05, 3.63) is 77.4 Å². The Bertz CT molecular complexity index is 1050. The summed E-state index contributed by atoms with van der Waals surface area (Å²) < 4.78 is 19.8. The largest absolute Gasteiger partial charge is 0.493 e. The average molecular weight is 378 g/mol. The highest BCUT2D eigenvalue weighted by Gasteiger charge is 2.24. The Labute approximate surface area is 161 Å². The van der Waals surface area contributed by atoms with Crippen LogP contribution in [0.25, 0.3) is 11.1 Å². The fourth-order valence-corrected chi connectivity index (χ4v) is 3.51. The number of anilines is 1. The number of rotatable bonds is 4. The summed E-state index contributed by atoms with van der Waals surface area (Å²) in [5, 5.41) is 12.7. The third kappa shape index (κ3) is 3.29. The van der Waals surface area contributed by atoms with Gasteiger partial charge >= 0.3 is 5.97 Å². The van der Waals surface area contributed by atoms with E-state index in [0.717, 1.165) is 16.7 Å². The first kappa shape index (κ1) is 18.0. The number of benzene rings is 2. The maximum absolute atomic E-state index is 13.9. The number of nitrogens with zero attached hydrogens (tertiary/aromatic N) is 1. The highest BCUT2D eigenvalue weighted by Crippen LogP contribution is 2.38. The van der Waals surface area contributed by atoms with Crippen molar-refractivity contribution < 1.29 is 19.0 Å². The van der Waals surface area contributed by atoms with Crippen LogP contribution in [0.1, 0.15) is 33.9 Å². The summed E-state index contributed by atoms with van der Waals surface area (Å²) in [4.78, 5) is 15.5. The van der Waals surface area contributed by atoms with Gasteiger partial charge < -0.3 is 15.2 Å². The smallest absolute Gasteiger partial charge is 0.337 e. The number of carbonyl (C=O) groups is 1. The van der Waals surface area contributed by atoms with Crippen LogP contribution in [-0.2, 0) is 0 Å². The zero-order valence-corrected chi connectivity index (χ0v) is 15.3. The second-order valence-corrected chi connectivity index (χ2v) is 6.73. The third-order valence-electron chi connectivity index (χ3n) is 5.01. The van der Waals surface area contributed by atoms with Crippen LogP contribution >= 0.6 is 0 Å². The van der Waals surface area contributed by atoms with Gasteiger partial charge in [-0.3, -0.25) is 4.98 Å². The van der Waals surface area contributed by atoms with Gasteiger partial charge in [-0.05, 0) is 41.8 Å². The molecule has 2 aromatic carbocycles. The Morgan fingerprint density at radius 1 is 1.29 bits per heavy atom. The van der Waals surface area contributed by atoms with E-state index in [1.54, 1.807) is 13.0 Å². The van der Waals surface area contributed by atoms with Gasteiger partial charge in [0.15, 0.2) is 0 Å². The molecular weight excluding hydrogens is 359 g/mol. The molecule has 0 aliphatic carbocycles. The number of aromatic nitrogens is 1. The number of pyridine rings is 1. The first-order valence-corrected chi connectivity index (χ1v) is 9.00. The number of aromatic carboxylic acids is 1. The highest BCUT2D eigenvalue weighted by atomic mass is 19.1. The van der Waals surface area contributed by atoms with E-state index in [9.17, 15) is 14.3 Å². The van der Waals surface area contributed by atoms with Crippen molar-refractivity contribution in [2.45, 2.75) is 19.4 Å². The van der Waals surface area contributed by atoms with E-state index in [2.05, 4.69) is 10.3 Å². The van der Waals surface area contributed by atoms with Gasteiger partial charge in [0, 0.05) is 18.2 Å². The van der Waals surface area contributed by atoms with Gasteiger partial charge in [-0.15, -0.1) is 0 Å². The van der Waals surface area contributed by atoms with Crippen LogP contribution in [0.2, 0.25) is 0 Å². The zero-order chi connectivity index (χ0) is 19.7. The van der Waals surface area contributed by atoms with E-state index in [-0.39, 0.29) is 17.4 Å². The van der Waals surface area contributed by atoms with Crippen LogP contribution in [0.5, 0.6) is 5.75 Å². The van der Waals surface area contributed by atoms with E-state index >= 15 is 0 Å². The molecule has 0 saturated heterocycles. The Balaban J connectivity index is 1.68. The molecule has 1 unspecified atom stereocenters. The number of fused-ring (bicyclic) bond motifs is 1. The number of carboxylic acids is 1. The molecule has 28 heavy (non-hydrogen) atoms. The van der Waals surface area contributed by atoms with Crippen LogP contribution in [-0.4, -0.2) is 22.7 Å². The number of hydrogen-bond acceptors (Lipinski definition) is 4. The van der Waals surface area contributed by atoms with Crippen LogP contribution < -0.4 is 10.1 Å². The Morgan fingerprint density at radius 3 is 2.96 bits per heavy atom. The first-order valence-electron chi connectivity index (χ1n) is 9.00. The molecule has 6 heteroatoms. The molecule has 0 fully saturated rings. The van der Waals surface area contributed by atoms with Gasteiger partial charge in [0.1, 0.15) is 11.6 Å². The molecule has 5 nitrogen and oxygen atoms in total. The van der Waals surface area contributed by atoms with Crippen molar-refractivity contribution in [3.63, 3.8) is 0 Å². The lowest BCUT2D eigenvalue weighted by molar-refractivity contribution is 0.0697. The van der Waals surface area contributed by atoms with Crippen molar-refractivity contribution in [2.75, 3.05) is 11.9 Å². The molecule has 0 radical (unpaired) electrons. The van der Waals surface area contributed by atoms with Crippen molar-refractivity contribution in [1.29, 1.82) is 0 Å². The number of hydrogen-bond donors (Lipinski definition) is 2. The van der Waals surface area contributed by atoms with Gasteiger partial charge in [0.25, 0.3) is 0 Å². The summed E-state index contributed by atoms with van der Waals surface area (Å²) in [6.45, 7) is 2.25. The fourth-order valence-electron chi connectivity index (χ4n) is 3.51. The number of halogens is 1. The normalized spacial score (nSPS) is 15.4. The number of carboxylic acid groups (broad SMARTS) is 1. The molecule has 0 bridgehead atoms. The van der Waals surface area contributed by atoms with Gasteiger partial charge in [0.05, 0.1) is 30.1 Å². The summed E-state index contributed by atoms with van der Waals surface area (Å²) in [6, 6.07) is 12.2. The fraction of sp³-hybridized carbons (Fsp3) is 0.182. The van der Waals surface area contributed by atoms with Crippen molar-refractivity contribution >= 4 is 11.7 Å².